The zero-order chi connectivity index (χ0) is 19.9. The van der Waals surface area contributed by atoms with Gasteiger partial charge < -0.3 is 9.64 Å². The van der Waals surface area contributed by atoms with Gasteiger partial charge in [-0.3, -0.25) is 14.6 Å². The van der Waals surface area contributed by atoms with Gasteiger partial charge in [0.15, 0.2) is 0 Å². The predicted octanol–water partition coefficient (Wildman–Crippen LogP) is 2.99. The normalized spacial score (nSPS) is 25.4. The standard InChI is InChI=1S/C22H32ClN3O2/c1-21(2,3)8-9-24-14-22(15-24)16-25(12-19-13-28-11-10-26(19)22)20(27)17-4-6-18(23)7-5-17/h4-7,19H,8-16H2,1-3H3. The molecule has 0 aromatic heterocycles. The molecule has 0 radical (unpaired) electrons. The van der Waals surface area contributed by atoms with Gasteiger partial charge in [0.05, 0.1) is 24.8 Å². The topological polar surface area (TPSA) is 36.0 Å². The van der Waals surface area contributed by atoms with Crippen molar-refractivity contribution in [3.63, 3.8) is 0 Å². The van der Waals surface area contributed by atoms with Crippen LogP contribution in [-0.4, -0.2) is 84.7 Å². The third kappa shape index (κ3) is 4.09. The van der Waals surface area contributed by atoms with Crippen LogP contribution in [0.3, 0.4) is 0 Å². The summed E-state index contributed by atoms with van der Waals surface area (Å²) in [5.74, 6) is 0.106. The van der Waals surface area contributed by atoms with E-state index in [0.29, 0.717) is 28.6 Å². The van der Waals surface area contributed by atoms with Crippen LogP contribution in [0.15, 0.2) is 24.3 Å². The van der Waals surface area contributed by atoms with Crippen molar-refractivity contribution in [3.05, 3.63) is 34.9 Å². The Kier molecular flexibility index (Phi) is 5.47. The Morgan fingerprint density at radius 3 is 2.61 bits per heavy atom. The van der Waals surface area contributed by atoms with Gasteiger partial charge in [0.2, 0.25) is 0 Å². The van der Waals surface area contributed by atoms with E-state index < -0.39 is 0 Å². The number of ether oxygens (including phenoxy) is 1. The second kappa shape index (κ2) is 7.60. The number of halogens is 1. The molecule has 3 fully saturated rings. The molecular weight excluding hydrogens is 374 g/mol. The second-order valence-corrected chi connectivity index (χ2v) is 10.3. The number of benzene rings is 1. The van der Waals surface area contributed by atoms with E-state index in [1.165, 1.54) is 6.42 Å². The third-order valence-electron chi connectivity index (χ3n) is 6.35. The lowest BCUT2D eigenvalue weighted by atomic mass is 9.81. The van der Waals surface area contributed by atoms with Crippen molar-refractivity contribution in [2.75, 3.05) is 52.5 Å². The Morgan fingerprint density at radius 2 is 1.93 bits per heavy atom. The Balaban J connectivity index is 1.48. The van der Waals surface area contributed by atoms with E-state index in [-0.39, 0.29) is 11.4 Å². The Labute approximate surface area is 173 Å². The van der Waals surface area contributed by atoms with Crippen molar-refractivity contribution in [3.8, 4) is 0 Å². The number of hydrogen-bond acceptors (Lipinski definition) is 4. The quantitative estimate of drug-likeness (QED) is 0.774. The van der Waals surface area contributed by atoms with Gasteiger partial charge in [-0.2, -0.15) is 0 Å². The first kappa shape index (κ1) is 20.1. The van der Waals surface area contributed by atoms with Crippen LogP contribution in [0.2, 0.25) is 5.02 Å². The first-order valence-corrected chi connectivity index (χ1v) is 10.8. The highest BCUT2D eigenvalue weighted by atomic mass is 35.5. The molecule has 1 atom stereocenters. The minimum Gasteiger partial charge on any atom is -0.378 e. The Hall–Kier alpha value is -1.14. The highest BCUT2D eigenvalue weighted by Crippen LogP contribution is 2.37. The Morgan fingerprint density at radius 1 is 1.21 bits per heavy atom. The number of rotatable bonds is 3. The van der Waals surface area contributed by atoms with Crippen molar-refractivity contribution in [1.29, 1.82) is 0 Å². The SMILES string of the molecule is CC(C)(C)CCN1CC2(C1)CN(C(=O)c1ccc(Cl)cc1)CC1COCCN12. The molecule has 154 valence electrons. The molecule has 6 heteroatoms. The third-order valence-corrected chi connectivity index (χ3v) is 6.60. The summed E-state index contributed by atoms with van der Waals surface area (Å²) in [7, 11) is 0. The summed E-state index contributed by atoms with van der Waals surface area (Å²) in [6, 6.07) is 7.54. The number of carbonyl (C=O) groups excluding carboxylic acids is 1. The van der Waals surface area contributed by atoms with E-state index in [4.69, 9.17) is 16.3 Å². The first-order valence-electron chi connectivity index (χ1n) is 10.4. The van der Waals surface area contributed by atoms with Crippen LogP contribution in [0.1, 0.15) is 37.6 Å². The van der Waals surface area contributed by atoms with Gasteiger partial charge in [-0.1, -0.05) is 32.4 Å². The smallest absolute Gasteiger partial charge is 0.253 e. The van der Waals surface area contributed by atoms with Crippen LogP contribution in [0, 0.1) is 5.41 Å². The van der Waals surface area contributed by atoms with Gasteiger partial charge in [0.25, 0.3) is 5.91 Å². The molecule has 5 nitrogen and oxygen atoms in total. The molecule has 3 aliphatic rings. The van der Waals surface area contributed by atoms with E-state index in [1.54, 1.807) is 12.1 Å². The number of piperazine rings is 1. The predicted molar refractivity (Wildman–Crippen MR) is 112 cm³/mol. The summed E-state index contributed by atoms with van der Waals surface area (Å²) in [5.41, 5.74) is 1.15. The molecule has 0 aliphatic carbocycles. The largest absolute Gasteiger partial charge is 0.378 e. The summed E-state index contributed by atoms with van der Waals surface area (Å²) in [6.07, 6.45) is 1.20. The Bertz CT molecular complexity index is 709. The number of amides is 1. The number of nitrogens with zero attached hydrogens (tertiary/aromatic N) is 3. The molecule has 28 heavy (non-hydrogen) atoms. The van der Waals surface area contributed by atoms with Gasteiger partial charge in [-0.05, 0) is 42.6 Å². The molecule has 1 aromatic rings. The van der Waals surface area contributed by atoms with Crippen LogP contribution in [0.4, 0.5) is 0 Å². The minimum absolute atomic E-state index is 0.0761. The molecule has 1 unspecified atom stereocenters. The molecule has 3 heterocycles. The van der Waals surface area contributed by atoms with E-state index in [9.17, 15) is 4.79 Å². The molecule has 1 amide bonds. The highest BCUT2D eigenvalue weighted by Gasteiger charge is 2.54. The van der Waals surface area contributed by atoms with E-state index in [2.05, 4.69) is 30.6 Å². The van der Waals surface area contributed by atoms with Crippen LogP contribution >= 0.6 is 11.6 Å². The average Bonchev–Trinajstić information content (AvgIpc) is 2.63. The van der Waals surface area contributed by atoms with Gasteiger partial charge in [0.1, 0.15) is 0 Å². The summed E-state index contributed by atoms with van der Waals surface area (Å²) in [6.45, 7) is 14.1. The molecule has 1 aromatic carbocycles. The lowest BCUT2D eigenvalue weighted by molar-refractivity contribution is -0.159. The maximum absolute atomic E-state index is 13.2. The fourth-order valence-electron chi connectivity index (χ4n) is 4.84. The lowest BCUT2D eigenvalue weighted by Gasteiger charge is -2.63. The number of carbonyl (C=O) groups is 1. The monoisotopic (exact) mass is 405 g/mol. The van der Waals surface area contributed by atoms with Gasteiger partial charge in [-0.25, -0.2) is 0 Å². The zero-order valence-electron chi connectivity index (χ0n) is 17.3. The average molecular weight is 406 g/mol. The van der Waals surface area contributed by atoms with Gasteiger partial charge in [-0.15, -0.1) is 0 Å². The fraction of sp³-hybridized carbons (Fsp3) is 0.682. The lowest BCUT2D eigenvalue weighted by Crippen LogP contribution is -2.81. The molecule has 0 bridgehead atoms. The fourth-order valence-corrected chi connectivity index (χ4v) is 4.97. The number of morpholine rings is 1. The number of likely N-dealkylation sites (tertiary alicyclic amines) is 1. The van der Waals surface area contributed by atoms with E-state index in [1.807, 2.05) is 17.0 Å². The van der Waals surface area contributed by atoms with Crippen LogP contribution in [-0.2, 0) is 4.74 Å². The van der Waals surface area contributed by atoms with Crippen molar-refractivity contribution in [2.45, 2.75) is 38.8 Å². The molecule has 0 saturated carbocycles. The molecule has 3 saturated heterocycles. The zero-order valence-corrected chi connectivity index (χ0v) is 18.0. The van der Waals surface area contributed by atoms with E-state index in [0.717, 1.165) is 45.9 Å². The molecule has 4 rings (SSSR count). The van der Waals surface area contributed by atoms with E-state index >= 15 is 0 Å². The van der Waals surface area contributed by atoms with Crippen molar-refractivity contribution in [2.24, 2.45) is 5.41 Å². The van der Waals surface area contributed by atoms with Crippen LogP contribution in [0.5, 0.6) is 0 Å². The van der Waals surface area contributed by atoms with Crippen LogP contribution < -0.4 is 0 Å². The van der Waals surface area contributed by atoms with Crippen molar-refractivity contribution in [1.82, 2.24) is 14.7 Å². The molecule has 3 aliphatic heterocycles. The molecule has 1 spiro atoms. The maximum Gasteiger partial charge on any atom is 0.253 e. The first-order chi connectivity index (χ1) is 13.3. The summed E-state index contributed by atoms with van der Waals surface area (Å²) >= 11 is 5.99. The summed E-state index contributed by atoms with van der Waals surface area (Å²) in [4.78, 5) is 20.4. The van der Waals surface area contributed by atoms with Gasteiger partial charge in [0, 0.05) is 43.3 Å². The molecular formula is C22H32ClN3O2. The summed E-state index contributed by atoms with van der Waals surface area (Å²) < 4.78 is 5.76. The van der Waals surface area contributed by atoms with Gasteiger partial charge >= 0.3 is 0 Å². The molecule has 0 N–H and O–H groups in total. The number of hydrogen-bond donors (Lipinski definition) is 0. The second-order valence-electron chi connectivity index (χ2n) is 9.86. The maximum atomic E-state index is 13.2. The van der Waals surface area contributed by atoms with Crippen molar-refractivity contribution < 1.29 is 9.53 Å². The summed E-state index contributed by atoms with van der Waals surface area (Å²) in [5, 5.41) is 0.659. The minimum atomic E-state index is 0.0761. The van der Waals surface area contributed by atoms with Crippen LogP contribution in [0.25, 0.3) is 0 Å². The number of fused-ring (bicyclic) bond motifs is 2. The van der Waals surface area contributed by atoms with Crippen molar-refractivity contribution >= 4 is 17.5 Å². The highest BCUT2D eigenvalue weighted by molar-refractivity contribution is 6.30.